The average Bonchev–Trinajstić information content (AvgIpc) is 3.08. The summed E-state index contributed by atoms with van der Waals surface area (Å²) in [6.45, 7) is -1.09. The van der Waals surface area contributed by atoms with Gasteiger partial charge in [0.05, 0.1) is 55.9 Å². The highest BCUT2D eigenvalue weighted by molar-refractivity contribution is 5.90. The summed E-state index contributed by atoms with van der Waals surface area (Å²) in [6.07, 6.45) is 3.87. The maximum absolute atomic E-state index is 13.5. The normalized spacial score (nSPS) is 31.8. The number of hydrogen-bond donors (Lipinski definition) is 8. The molecule has 15 heteroatoms. The van der Waals surface area contributed by atoms with Gasteiger partial charge in [-0.1, -0.05) is 30.2 Å². The van der Waals surface area contributed by atoms with Crippen molar-refractivity contribution in [3.63, 3.8) is 0 Å². The van der Waals surface area contributed by atoms with Crippen LogP contribution in [0.25, 0.3) is 0 Å². The van der Waals surface area contributed by atoms with Crippen molar-refractivity contribution >= 4 is 11.9 Å². The van der Waals surface area contributed by atoms with Gasteiger partial charge in [0, 0.05) is 31.6 Å². The Bertz CT molecular complexity index is 1250. The summed E-state index contributed by atoms with van der Waals surface area (Å²) < 4.78 is 23.0. The van der Waals surface area contributed by atoms with E-state index < -0.39 is 80.1 Å². The van der Waals surface area contributed by atoms with Crippen molar-refractivity contribution in [3.8, 4) is 0 Å². The quantitative estimate of drug-likeness (QED) is 0.0829. The maximum atomic E-state index is 13.5. The van der Waals surface area contributed by atoms with Gasteiger partial charge < -0.3 is 64.7 Å². The zero-order valence-electron chi connectivity index (χ0n) is 26.6. The molecule has 0 bridgehead atoms. The predicted octanol–water partition coefficient (Wildman–Crippen LogP) is -0.788. The first-order valence-corrected chi connectivity index (χ1v) is 16.2. The van der Waals surface area contributed by atoms with E-state index in [1.807, 2.05) is 6.08 Å². The van der Waals surface area contributed by atoms with E-state index in [0.29, 0.717) is 5.57 Å². The second-order valence-corrected chi connectivity index (χ2v) is 12.3. The molecule has 1 saturated heterocycles. The van der Waals surface area contributed by atoms with Gasteiger partial charge in [-0.2, -0.15) is 0 Å². The number of β-amino-alcohol motifs (C(OH)–C–C–N with tert-alkyl or cyclic N) is 1. The van der Waals surface area contributed by atoms with Crippen molar-refractivity contribution in [1.82, 2.24) is 4.90 Å². The second-order valence-electron chi connectivity index (χ2n) is 12.3. The lowest BCUT2D eigenvalue weighted by Crippen LogP contribution is -2.60. The lowest BCUT2D eigenvalue weighted by Gasteiger charge is -2.43. The van der Waals surface area contributed by atoms with Crippen molar-refractivity contribution in [2.45, 2.75) is 81.6 Å². The van der Waals surface area contributed by atoms with Crippen molar-refractivity contribution in [1.29, 1.82) is 0 Å². The van der Waals surface area contributed by atoms with Gasteiger partial charge in [0.2, 0.25) is 6.29 Å². The molecule has 0 radical (unpaired) electrons. The highest BCUT2D eigenvalue weighted by Crippen LogP contribution is 2.39. The molecule has 9 atom stereocenters. The number of allylic oxidation sites excluding steroid dienone is 2. The van der Waals surface area contributed by atoms with E-state index in [2.05, 4.69) is 0 Å². The Kier molecular flexibility index (Phi) is 14.2. The average molecular weight is 682 g/mol. The number of carbonyl (C=O) groups is 2. The second kappa shape index (κ2) is 18.0. The third-order valence-corrected chi connectivity index (χ3v) is 8.79. The first-order chi connectivity index (χ1) is 23.1. The molecule has 8 N–H and O–H groups in total. The maximum Gasteiger partial charge on any atom is 0.337 e. The molecule has 0 aromatic rings. The van der Waals surface area contributed by atoms with E-state index in [1.54, 1.807) is 17.1 Å². The number of aliphatic hydroxyl groups excluding tert-OH is 7. The van der Waals surface area contributed by atoms with E-state index in [1.165, 1.54) is 12.3 Å². The molecule has 268 valence electrons. The molecule has 0 spiro atoms. The highest BCUT2D eigenvalue weighted by atomic mass is 16.8. The number of esters is 1. The summed E-state index contributed by atoms with van der Waals surface area (Å²) >= 11 is 0. The Hall–Kier alpha value is -3.12. The van der Waals surface area contributed by atoms with E-state index in [0.717, 1.165) is 43.9 Å². The SMILES string of the molecule is O=C(O)C1=CN(CCO)CC(/C=C/[C@@H]2C(C(=O)OCC[C@H](O)CO)=CO[C@@H](O[C@@H]3O[C@H](CO)[C@@H](O)[C@H](O)[C@H]3O)[C@@H]2C=C2CCCCC2)=C1. The van der Waals surface area contributed by atoms with Crippen LogP contribution in [-0.4, -0.2) is 140 Å². The minimum atomic E-state index is -1.71. The topological polar surface area (TPSA) is 236 Å². The largest absolute Gasteiger partial charge is 0.478 e. The van der Waals surface area contributed by atoms with Crippen LogP contribution in [0, 0.1) is 11.8 Å². The van der Waals surface area contributed by atoms with Gasteiger partial charge in [0.15, 0.2) is 6.29 Å². The number of aliphatic carboxylic acids is 1. The number of ether oxygens (including phenoxy) is 4. The summed E-state index contributed by atoms with van der Waals surface area (Å²) in [6, 6.07) is 0. The summed E-state index contributed by atoms with van der Waals surface area (Å²) in [5, 5.41) is 79.0. The monoisotopic (exact) mass is 681 g/mol. The molecule has 0 aromatic carbocycles. The number of carboxylic acid groups (broad SMARTS) is 1. The molecule has 0 unspecified atom stereocenters. The molecule has 3 aliphatic heterocycles. The summed E-state index contributed by atoms with van der Waals surface area (Å²) in [5.74, 6) is -3.47. The van der Waals surface area contributed by atoms with E-state index in [4.69, 9.17) is 24.1 Å². The molecule has 0 aromatic heterocycles. The van der Waals surface area contributed by atoms with Gasteiger partial charge in [-0.05, 0) is 37.3 Å². The highest BCUT2D eigenvalue weighted by Gasteiger charge is 2.47. The van der Waals surface area contributed by atoms with Crippen LogP contribution in [0.3, 0.4) is 0 Å². The van der Waals surface area contributed by atoms with Crippen LogP contribution in [0.15, 0.2) is 59.1 Å². The first kappa shape index (κ1) is 37.7. The molecule has 15 nitrogen and oxygen atoms in total. The zero-order valence-corrected chi connectivity index (χ0v) is 26.6. The molecule has 2 fully saturated rings. The van der Waals surface area contributed by atoms with Crippen LogP contribution in [-0.2, 0) is 28.5 Å². The summed E-state index contributed by atoms with van der Waals surface area (Å²) in [4.78, 5) is 26.9. The zero-order chi connectivity index (χ0) is 34.8. The Morgan fingerprint density at radius 2 is 1.79 bits per heavy atom. The smallest absolute Gasteiger partial charge is 0.337 e. The fraction of sp³-hybridized carbons (Fsp3) is 0.636. The fourth-order valence-electron chi connectivity index (χ4n) is 6.10. The van der Waals surface area contributed by atoms with E-state index in [-0.39, 0.29) is 43.9 Å². The Morgan fingerprint density at radius 1 is 1.04 bits per heavy atom. The van der Waals surface area contributed by atoms with Gasteiger partial charge in [-0.3, -0.25) is 0 Å². The summed E-state index contributed by atoms with van der Waals surface area (Å²) in [5.41, 5.74) is 1.74. The van der Waals surface area contributed by atoms with Gasteiger partial charge in [0.25, 0.3) is 0 Å². The van der Waals surface area contributed by atoms with Gasteiger partial charge in [-0.15, -0.1) is 0 Å². The Morgan fingerprint density at radius 3 is 2.46 bits per heavy atom. The molecule has 4 aliphatic rings. The third kappa shape index (κ3) is 9.74. The number of nitrogens with zero attached hydrogens (tertiary/aromatic N) is 1. The van der Waals surface area contributed by atoms with Crippen LogP contribution in [0.5, 0.6) is 0 Å². The molecule has 0 amide bonds. The van der Waals surface area contributed by atoms with Gasteiger partial charge >= 0.3 is 11.9 Å². The van der Waals surface area contributed by atoms with Crippen LogP contribution >= 0.6 is 0 Å². The minimum absolute atomic E-state index is 0.00337. The number of carbonyl (C=O) groups excluding carboxylic acids is 1. The molecule has 1 aliphatic carbocycles. The number of hydrogen-bond acceptors (Lipinski definition) is 14. The van der Waals surface area contributed by atoms with E-state index >= 15 is 0 Å². The Balaban J connectivity index is 1.71. The number of carboxylic acids is 1. The molecular formula is C33H47NO14. The van der Waals surface area contributed by atoms with E-state index in [9.17, 15) is 45.3 Å². The van der Waals surface area contributed by atoms with Crippen LogP contribution in [0.1, 0.15) is 38.5 Å². The van der Waals surface area contributed by atoms with Crippen molar-refractivity contribution in [2.24, 2.45) is 11.8 Å². The van der Waals surface area contributed by atoms with Crippen LogP contribution in [0.2, 0.25) is 0 Å². The number of aliphatic hydroxyl groups is 7. The number of rotatable bonds is 14. The third-order valence-electron chi connectivity index (χ3n) is 8.79. The minimum Gasteiger partial charge on any atom is -0.478 e. The van der Waals surface area contributed by atoms with Crippen molar-refractivity contribution in [2.75, 3.05) is 39.5 Å². The predicted molar refractivity (Wildman–Crippen MR) is 166 cm³/mol. The van der Waals surface area contributed by atoms with Crippen LogP contribution < -0.4 is 0 Å². The van der Waals surface area contributed by atoms with Gasteiger partial charge in [0.1, 0.15) is 24.4 Å². The summed E-state index contributed by atoms with van der Waals surface area (Å²) in [7, 11) is 0. The lowest BCUT2D eigenvalue weighted by molar-refractivity contribution is -0.338. The first-order valence-electron chi connectivity index (χ1n) is 16.2. The molecule has 3 heterocycles. The molecule has 4 rings (SSSR count). The molecule has 48 heavy (non-hydrogen) atoms. The standard InChI is InChI=1S/C33H47NO14/c35-10-9-34-14-20(12-21(15-34)30(42)43)6-7-23-24(13-19-4-2-1-3-5-19)32(46-18-25(23)31(44)45-11-8-22(38)16-36)48-33-29(41)28(40)27(39)26(17-37)47-33/h6-7,12-13,15,18,22-24,26-29,32-33,35-41H,1-5,8-11,14,16-17H2,(H,42,43)/b7-6+/t22-,23-,24+,26+,27+,28-,29+,32-,33-/m0/s1. The van der Waals surface area contributed by atoms with Gasteiger partial charge in [-0.25, -0.2) is 9.59 Å². The Labute approximate surface area is 278 Å². The molecule has 1 saturated carbocycles. The van der Waals surface area contributed by atoms with Crippen molar-refractivity contribution in [3.05, 3.63) is 59.1 Å². The lowest BCUT2D eigenvalue weighted by atomic mass is 9.80. The fourth-order valence-corrected chi connectivity index (χ4v) is 6.10. The molecular weight excluding hydrogens is 634 g/mol. The van der Waals surface area contributed by atoms with Crippen molar-refractivity contribution < 1.29 is 69.4 Å². The van der Waals surface area contributed by atoms with Crippen LogP contribution in [0.4, 0.5) is 0 Å².